The van der Waals surface area contributed by atoms with Crippen LogP contribution in [-0.2, 0) is 0 Å². The molecule has 0 aromatic heterocycles. The fourth-order valence-electron chi connectivity index (χ4n) is 3.73. The van der Waals surface area contributed by atoms with E-state index in [-0.39, 0.29) is 0 Å². The number of fused-ring (bicyclic) bond motifs is 2. The normalized spacial score (nSPS) is 30.5. The highest BCUT2D eigenvalue weighted by Gasteiger charge is 2.38. The summed E-state index contributed by atoms with van der Waals surface area (Å²) in [6, 6.07) is 6.03. The maximum atomic E-state index is 6.22. The Labute approximate surface area is 132 Å². The van der Waals surface area contributed by atoms with Crippen LogP contribution in [0.4, 0.5) is 5.69 Å². The predicted octanol–water partition coefficient (Wildman–Crippen LogP) is 4.37. The molecule has 2 aliphatic rings. The lowest BCUT2D eigenvalue weighted by Gasteiger charge is -2.50. The predicted molar refractivity (Wildman–Crippen MR) is 87.7 cm³/mol. The Kier molecular flexibility index (Phi) is 3.93. The summed E-state index contributed by atoms with van der Waals surface area (Å²) in [5.74, 6) is 0. The fraction of sp³-hybridized carbons (Fsp3) is 0.600. The highest BCUT2D eigenvalue weighted by atomic mass is 79.9. The molecule has 1 aromatic rings. The van der Waals surface area contributed by atoms with Crippen molar-refractivity contribution in [2.75, 3.05) is 4.90 Å². The molecule has 0 aliphatic carbocycles. The van der Waals surface area contributed by atoms with Gasteiger partial charge >= 0.3 is 0 Å². The van der Waals surface area contributed by atoms with Crippen molar-refractivity contribution in [1.82, 2.24) is 0 Å². The van der Waals surface area contributed by atoms with Crippen molar-refractivity contribution in [2.24, 2.45) is 5.73 Å². The maximum absolute atomic E-state index is 6.22. The van der Waals surface area contributed by atoms with Gasteiger partial charge in [-0.1, -0.05) is 0 Å². The van der Waals surface area contributed by atoms with E-state index in [0.717, 1.165) is 12.8 Å². The molecule has 104 valence electrons. The molecule has 0 spiro atoms. The van der Waals surface area contributed by atoms with E-state index in [1.165, 1.54) is 39.5 Å². The van der Waals surface area contributed by atoms with Crippen molar-refractivity contribution < 1.29 is 0 Å². The third-order valence-corrected chi connectivity index (χ3v) is 5.64. The van der Waals surface area contributed by atoms with Crippen LogP contribution in [0.25, 0.3) is 0 Å². The number of hydrogen-bond acceptors (Lipinski definition) is 2. The smallest absolute Gasteiger partial charge is 0.0660 e. The fourth-order valence-corrected chi connectivity index (χ4v) is 5.55. The van der Waals surface area contributed by atoms with Crippen LogP contribution in [0.3, 0.4) is 0 Å². The average molecular weight is 388 g/mol. The lowest BCUT2D eigenvalue weighted by Crippen LogP contribution is -2.55. The van der Waals surface area contributed by atoms with Crippen LogP contribution in [0.2, 0.25) is 0 Å². The number of benzene rings is 1. The summed E-state index contributed by atoms with van der Waals surface area (Å²) in [7, 11) is 0. The van der Waals surface area contributed by atoms with Crippen LogP contribution >= 0.6 is 31.9 Å². The monoisotopic (exact) mass is 386 g/mol. The van der Waals surface area contributed by atoms with Gasteiger partial charge in [0.15, 0.2) is 0 Å². The Morgan fingerprint density at radius 1 is 1.11 bits per heavy atom. The molecule has 2 unspecified atom stereocenters. The molecule has 2 fully saturated rings. The number of hydrogen-bond donors (Lipinski definition) is 1. The molecule has 0 amide bonds. The van der Waals surface area contributed by atoms with Gasteiger partial charge in [-0.3, -0.25) is 0 Å². The standard InChI is InChI=1S/C15H20Br2N2/c1-9-5-13(16)15(14(17)6-9)19-11-3-2-4-12(19)8-10(18)7-11/h5-6,10-12H,2-4,7-8,18H2,1H3. The molecule has 2 heterocycles. The number of rotatable bonds is 1. The Balaban J connectivity index is 2.02. The van der Waals surface area contributed by atoms with Gasteiger partial charge in [-0.25, -0.2) is 0 Å². The van der Waals surface area contributed by atoms with Crippen molar-refractivity contribution >= 4 is 37.5 Å². The zero-order valence-corrected chi connectivity index (χ0v) is 14.4. The van der Waals surface area contributed by atoms with E-state index < -0.39 is 0 Å². The van der Waals surface area contributed by atoms with E-state index >= 15 is 0 Å². The topological polar surface area (TPSA) is 29.3 Å². The molecule has 2 bridgehead atoms. The summed E-state index contributed by atoms with van der Waals surface area (Å²) >= 11 is 7.51. The molecule has 19 heavy (non-hydrogen) atoms. The van der Waals surface area contributed by atoms with Crippen molar-refractivity contribution in [2.45, 2.75) is 57.2 Å². The van der Waals surface area contributed by atoms with Crippen LogP contribution in [-0.4, -0.2) is 18.1 Å². The van der Waals surface area contributed by atoms with Gasteiger partial charge in [-0.05, 0) is 88.6 Å². The minimum absolute atomic E-state index is 0.384. The van der Waals surface area contributed by atoms with Gasteiger partial charge in [-0.2, -0.15) is 0 Å². The van der Waals surface area contributed by atoms with Crippen LogP contribution in [0.1, 0.15) is 37.7 Å². The summed E-state index contributed by atoms with van der Waals surface area (Å²) in [5.41, 5.74) is 8.82. The molecular weight excluding hydrogens is 368 g/mol. The van der Waals surface area contributed by atoms with Crippen molar-refractivity contribution in [3.63, 3.8) is 0 Å². The van der Waals surface area contributed by atoms with Crippen LogP contribution in [0.5, 0.6) is 0 Å². The van der Waals surface area contributed by atoms with E-state index in [2.05, 4.69) is 55.8 Å². The van der Waals surface area contributed by atoms with Crippen LogP contribution in [0, 0.1) is 6.92 Å². The molecule has 4 heteroatoms. The first-order chi connectivity index (χ1) is 9.06. The zero-order chi connectivity index (χ0) is 13.6. The Morgan fingerprint density at radius 3 is 2.16 bits per heavy atom. The number of aryl methyl sites for hydroxylation is 1. The quantitative estimate of drug-likeness (QED) is 0.775. The van der Waals surface area contributed by atoms with Gasteiger partial charge in [0.2, 0.25) is 0 Å². The van der Waals surface area contributed by atoms with E-state index in [4.69, 9.17) is 5.73 Å². The van der Waals surface area contributed by atoms with E-state index in [0.29, 0.717) is 18.1 Å². The molecule has 1 aromatic carbocycles. The second kappa shape index (κ2) is 5.38. The molecular formula is C15H20Br2N2. The number of anilines is 1. The first-order valence-electron chi connectivity index (χ1n) is 7.06. The SMILES string of the molecule is Cc1cc(Br)c(N2C3CCCC2CC(N)C3)c(Br)c1. The molecule has 2 aliphatic heterocycles. The lowest BCUT2D eigenvalue weighted by molar-refractivity contribution is 0.270. The number of nitrogens with zero attached hydrogens (tertiary/aromatic N) is 1. The van der Waals surface area contributed by atoms with Gasteiger partial charge in [0.05, 0.1) is 5.69 Å². The van der Waals surface area contributed by atoms with Crippen LogP contribution in [0.15, 0.2) is 21.1 Å². The van der Waals surface area contributed by atoms with Gasteiger partial charge in [0.1, 0.15) is 0 Å². The molecule has 2 N–H and O–H groups in total. The summed E-state index contributed by atoms with van der Waals surface area (Å²) in [6.45, 7) is 2.13. The van der Waals surface area contributed by atoms with Crippen molar-refractivity contribution in [3.8, 4) is 0 Å². The molecule has 2 atom stereocenters. The Morgan fingerprint density at radius 2 is 1.63 bits per heavy atom. The molecule has 0 radical (unpaired) electrons. The van der Waals surface area contributed by atoms with E-state index in [9.17, 15) is 0 Å². The average Bonchev–Trinajstić information content (AvgIpc) is 2.28. The number of piperidine rings is 2. The highest BCUT2D eigenvalue weighted by Crippen LogP contribution is 2.44. The molecule has 2 nitrogen and oxygen atoms in total. The summed E-state index contributed by atoms with van der Waals surface area (Å²) in [6.07, 6.45) is 6.15. The summed E-state index contributed by atoms with van der Waals surface area (Å²) < 4.78 is 2.40. The Hall–Kier alpha value is -0.0600. The minimum atomic E-state index is 0.384. The van der Waals surface area contributed by atoms with Gasteiger partial charge in [0, 0.05) is 27.1 Å². The molecule has 0 saturated carbocycles. The lowest BCUT2D eigenvalue weighted by atomic mass is 9.81. The van der Waals surface area contributed by atoms with Crippen LogP contribution < -0.4 is 10.6 Å². The van der Waals surface area contributed by atoms with Gasteiger partial charge in [0.25, 0.3) is 0 Å². The summed E-state index contributed by atoms with van der Waals surface area (Å²) in [4.78, 5) is 2.63. The maximum Gasteiger partial charge on any atom is 0.0660 e. The van der Waals surface area contributed by atoms with E-state index in [1.54, 1.807) is 0 Å². The second-order valence-corrected chi connectivity index (χ2v) is 7.66. The highest BCUT2D eigenvalue weighted by molar-refractivity contribution is 9.11. The first kappa shape index (κ1) is 13.9. The number of halogens is 2. The second-order valence-electron chi connectivity index (χ2n) is 5.95. The van der Waals surface area contributed by atoms with Crippen molar-refractivity contribution in [1.29, 1.82) is 0 Å². The molecule has 2 saturated heterocycles. The van der Waals surface area contributed by atoms with Crippen molar-refractivity contribution in [3.05, 3.63) is 26.6 Å². The van der Waals surface area contributed by atoms with Gasteiger partial charge < -0.3 is 10.6 Å². The third-order valence-electron chi connectivity index (χ3n) is 4.43. The van der Waals surface area contributed by atoms with Gasteiger partial charge in [-0.15, -0.1) is 0 Å². The first-order valence-corrected chi connectivity index (χ1v) is 8.64. The molecule has 3 rings (SSSR count). The number of nitrogens with two attached hydrogens (primary N) is 1. The Bertz CT molecular complexity index is 452. The largest absolute Gasteiger partial charge is 0.364 e. The third kappa shape index (κ3) is 2.59. The minimum Gasteiger partial charge on any atom is -0.364 e. The zero-order valence-electron chi connectivity index (χ0n) is 11.2. The van der Waals surface area contributed by atoms with E-state index in [1.807, 2.05) is 0 Å². The summed E-state index contributed by atoms with van der Waals surface area (Å²) in [5, 5.41) is 0.